The van der Waals surface area contributed by atoms with Gasteiger partial charge >= 0.3 is 0 Å². The molecule has 0 atom stereocenters. The molecule has 1 aromatic heterocycles. The topological polar surface area (TPSA) is 52.8 Å². The maximum absolute atomic E-state index is 5.83. The van der Waals surface area contributed by atoms with Crippen molar-refractivity contribution in [2.45, 2.75) is 19.4 Å². The predicted molar refractivity (Wildman–Crippen MR) is 131 cm³/mol. The summed E-state index contributed by atoms with van der Waals surface area (Å²) in [5.41, 5.74) is 4.72. The van der Waals surface area contributed by atoms with Crippen LogP contribution in [0.15, 0.2) is 66.9 Å². The zero-order valence-electron chi connectivity index (χ0n) is 19.2. The van der Waals surface area contributed by atoms with Gasteiger partial charge in [-0.2, -0.15) is 4.57 Å². The lowest BCUT2D eigenvalue weighted by Gasteiger charge is -2.18. The van der Waals surface area contributed by atoms with E-state index in [4.69, 9.17) is 18.9 Å². The van der Waals surface area contributed by atoms with Gasteiger partial charge in [0.1, 0.15) is 11.5 Å². The molecule has 172 valence electrons. The Balaban J connectivity index is 1.27. The molecule has 6 heteroatoms. The number of anilines is 1. The third kappa shape index (κ3) is 3.75. The van der Waals surface area contributed by atoms with Crippen molar-refractivity contribution in [1.29, 1.82) is 0 Å². The third-order valence-electron chi connectivity index (χ3n) is 6.48. The zero-order valence-corrected chi connectivity index (χ0v) is 19.2. The monoisotopic (exact) mass is 455 g/mol. The van der Waals surface area contributed by atoms with Crippen LogP contribution in [0, 0.1) is 0 Å². The molecule has 4 aromatic rings. The first-order valence-corrected chi connectivity index (χ1v) is 11.7. The van der Waals surface area contributed by atoms with Gasteiger partial charge in [0.25, 0.3) is 0 Å². The van der Waals surface area contributed by atoms with Crippen LogP contribution in [-0.2, 0) is 13.0 Å². The number of hydrogen-bond acceptors (Lipinski definition) is 5. The molecule has 6 rings (SSSR count). The van der Waals surface area contributed by atoms with Crippen molar-refractivity contribution in [3.05, 3.63) is 72.4 Å². The Hall–Kier alpha value is -3.93. The molecule has 0 radical (unpaired) electrons. The van der Waals surface area contributed by atoms with Gasteiger partial charge in [0, 0.05) is 19.0 Å². The molecule has 0 aliphatic carbocycles. The second-order valence-corrected chi connectivity index (χ2v) is 8.55. The second-order valence-electron chi connectivity index (χ2n) is 8.55. The average molecular weight is 456 g/mol. The van der Waals surface area contributed by atoms with Crippen molar-refractivity contribution in [3.8, 4) is 34.3 Å². The Morgan fingerprint density at radius 3 is 2.71 bits per heavy atom. The molecular formula is C28H27N2O4+. The first-order chi connectivity index (χ1) is 16.8. The van der Waals surface area contributed by atoms with E-state index in [2.05, 4.69) is 40.3 Å². The van der Waals surface area contributed by atoms with E-state index < -0.39 is 0 Å². The summed E-state index contributed by atoms with van der Waals surface area (Å²) >= 11 is 0. The lowest BCUT2D eigenvalue weighted by molar-refractivity contribution is -0.686. The van der Waals surface area contributed by atoms with Crippen LogP contribution in [-0.4, -0.2) is 27.1 Å². The van der Waals surface area contributed by atoms with Crippen molar-refractivity contribution in [1.82, 2.24) is 0 Å². The number of pyridine rings is 1. The minimum Gasteiger partial charge on any atom is -0.495 e. The summed E-state index contributed by atoms with van der Waals surface area (Å²) in [6.45, 7) is 2.65. The van der Waals surface area contributed by atoms with Crippen molar-refractivity contribution in [2.24, 2.45) is 0 Å². The molecule has 2 aliphatic heterocycles. The van der Waals surface area contributed by atoms with Crippen LogP contribution in [0.5, 0.6) is 23.0 Å². The van der Waals surface area contributed by atoms with Gasteiger partial charge in [-0.3, -0.25) is 0 Å². The Bertz CT molecular complexity index is 1350. The Kier molecular flexibility index (Phi) is 5.34. The molecule has 3 heterocycles. The van der Waals surface area contributed by atoms with Crippen LogP contribution in [0.4, 0.5) is 5.69 Å². The van der Waals surface area contributed by atoms with Crippen LogP contribution >= 0.6 is 0 Å². The van der Waals surface area contributed by atoms with E-state index in [1.54, 1.807) is 7.11 Å². The number of nitrogens with one attached hydrogen (secondary N) is 1. The quantitative estimate of drug-likeness (QED) is 0.315. The van der Waals surface area contributed by atoms with E-state index >= 15 is 0 Å². The molecule has 6 nitrogen and oxygen atoms in total. The lowest BCUT2D eigenvalue weighted by Crippen LogP contribution is -2.40. The molecule has 34 heavy (non-hydrogen) atoms. The number of rotatable bonds is 7. The van der Waals surface area contributed by atoms with Gasteiger partial charge in [0.15, 0.2) is 24.2 Å². The number of hydrogen-bond donors (Lipinski definition) is 1. The number of aromatic nitrogens is 1. The van der Waals surface area contributed by atoms with E-state index in [1.165, 1.54) is 22.2 Å². The molecule has 0 amide bonds. The first kappa shape index (κ1) is 20.7. The third-order valence-corrected chi connectivity index (χ3v) is 6.48. The smallest absolute Gasteiger partial charge is 0.231 e. The molecule has 0 saturated heterocycles. The summed E-state index contributed by atoms with van der Waals surface area (Å²) in [7, 11) is 1.72. The van der Waals surface area contributed by atoms with E-state index in [0.29, 0.717) is 13.4 Å². The summed E-state index contributed by atoms with van der Waals surface area (Å²) in [5, 5.41) is 5.92. The molecule has 3 aromatic carbocycles. The zero-order chi connectivity index (χ0) is 22.9. The number of aryl methyl sites for hydroxylation is 2. The Morgan fingerprint density at radius 2 is 1.85 bits per heavy atom. The van der Waals surface area contributed by atoms with Gasteiger partial charge in [-0.15, -0.1) is 0 Å². The lowest BCUT2D eigenvalue weighted by atomic mass is 9.95. The van der Waals surface area contributed by atoms with Crippen molar-refractivity contribution in [3.63, 3.8) is 0 Å². The van der Waals surface area contributed by atoms with Gasteiger partial charge in [0.05, 0.1) is 30.4 Å². The van der Waals surface area contributed by atoms with E-state index in [9.17, 15) is 0 Å². The molecular weight excluding hydrogens is 428 g/mol. The molecule has 0 saturated carbocycles. The standard InChI is InChI=1S/C28H26N2O4/c1-31-25-9-8-19-14-24-22-16-27-26(33-18-34-27)15-20(22)10-12-30(24)17-23(19)28(25)29-11-5-13-32-21-6-3-2-4-7-21/h2-4,6-9,14-17H,5,10-13,18H2,1H3/p+1. The van der Waals surface area contributed by atoms with Crippen molar-refractivity contribution < 1.29 is 23.5 Å². The van der Waals surface area contributed by atoms with Gasteiger partial charge in [-0.25, -0.2) is 0 Å². The summed E-state index contributed by atoms with van der Waals surface area (Å²) in [6, 6.07) is 20.6. The predicted octanol–water partition coefficient (Wildman–Crippen LogP) is 4.97. The average Bonchev–Trinajstić information content (AvgIpc) is 3.34. The normalized spacial score (nSPS) is 13.3. The number of para-hydroxylation sites is 1. The molecule has 2 aliphatic rings. The van der Waals surface area contributed by atoms with Gasteiger partial charge < -0.3 is 24.3 Å². The minimum atomic E-state index is 0.293. The first-order valence-electron chi connectivity index (χ1n) is 11.7. The van der Waals surface area contributed by atoms with Crippen LogP contribution in [0.1, 0.15) is 12.0 Å². The maximum atomic E-state index is 5.83. The van der Waals surface area contributed by atoms with Gasteiger partial charge in [0.2, 0.25) is 12.5 Å². The highest BCUT2D eigenvalue weighted by Crippen LogP contribution is 2.41. The highest BCUT2D eigenvalue weighted by Gasteiger charge is 2.28. The number of methoxy groups -OCH3 is 1. The molecule has 0 unspecified atom stereocenters. The van der Waals surface area contributed by atoms with Crippen molar-refractivity contribution in [2.75, 3.05) is 32.4 Å². The van der Waals surface area contributed by atoms with Crippen molar-refractivity contribution >= 4 is 16.5 Å². The highest BCUT2D eigenvalue weighted by atomic mass is 16.7. The Morgan fingerprint density at radius 1 is 1.00 bits per heavy atom. The highest BCUT2D eigenvalue weighted by molar-refractivity contribution is 5.97. The summed E-state index contributed by atoms with van der Waals surface area (Å²) < 4.78 is 25.1. The van der Waals surface area contributed by atoms with E-state index in [1.807, 2.05) is 36.4 Å². The summed E-state index contributed by atoms with van der Waals surface area (Å²) in [6.07, 6.45) is 4.08. The van der Waals surface area contributed by atoms with Gasteiger partial charge in [-0.05, 0) is 47.7 Å². The van der Waals surface area contributed by atoms with Crippen LogP contribution in [0.2, 0.25) is 0 Å². The number of ether oxygens (including phenoxy) is 4. The number of benzene rings is 3. The largest absolute Gasteiger partial charge is 0.495 e. The minimum absolute atomic E-state index is 0.293. The molecule has 0 bridgehead atoms. The van der Waals surface area contributed by atoms with E-state index in [-0.39, 0.29) is 0 Å². The second kappa shape index (κ2) is 8.78. The fourth-order valence-electron chi connectivity index (χ4n) is 4.77. The fraction of sp³-hybridized carbons (Fsp3) is 0.250. The fourth-order valence-corrected chi connectivity index (χ4v) is 4.77. The Labute approximate surface area is 198 Å². The SMILES string of the molecule is COc1ccc2cc3[n+](cc2c1NCCCOc1ccccc1)CCc1cc2c(cc1-3)OCO2. The summed E-state index contributed by atoms with van der Waals surface area (Å²) in [5.74, 6) is 3.41. The van der Waals surface area contributed by atoms with Crippen LogP contribution in [0.25, 0.3) is 22.0 Å². The van der Waals surface area contributed by atoms with E-state index in [0.717, 1.165) is 60.0 Å². The number of nitrogens with zero attached hydrogens (tertiary/aromatic N) is 1. The molecule has 0 spiro atoms. The van der Waals surface area contributed by atoms with Gasteiger partial charge in [-0.1, -0.05) is 24.3 Å². The number of fused-ring (bicyclic) bond motifs is 5. The molecule has 1 N–H and O–H groups in total. The maximum Gasteiger partial charge on any atom is 0.231 e. The van der Waals surface area contributed by atoms with Crippen LogP contribution in [0.3, 0.4) is 0 Å². The summed E-state index contributed by atoms with van der Waals surface area (Å²) in [4.78, 5) is 0. The van der Waals surface area contributed by atoms with Crippen LogP contribution < -0.4 is 28.8 Å². The molecule has 0 fully saturated rings.